The Morgan fingerprint density at radius 3 is 2.28 bits per heavy atom. The van der Waals surface area contributed by atoms with Crippen LogP contribution in [0, 0.1) is 13.8 Å². The number of ether oxygens (including phenoxy) is 1. The standard InChI is InChI=1S/C23H27N5O/c1-17-5-4-6-19(15-17)26-22-16-23(25-18(2)24-22)28-13-11-27(12-14-28)20-7-9-21(29-3)10-8-20/h4-10,15-16H,11-14H2,1-3H3,(H,24,25,26). The van der Waals surface area contributed by atoms with E-state index in [1.807, 2.05) is 31.2 Å². The van der Waals surface area contributed by atoms with Crippen molar-refractivity contribution in [2.45, 2.75) is 13.8 Å². The molecule has 6 heteroatoms. The number of methoxy groups -OCH3 is 1. The van der Waals surface area contributed by atoms with Crippen LogP contribution in [0.15, 0.2) is 54.6 Å². The number of hydrogen-bond donors (Lipinski definition) is 1. The van der Waals surface area contributed by atoms with Gasteiger partial charge in [-0.15, -0.1) is 0 Å². The number of rotatable bonds is 5. The van der Waals surface area contributed by atoms with Crippen LogP contribution in [0.3, 0.4) is 0 Å². The number of benzene rings is 2. The second-order valence-corrected chi connectivity index (χ2v) is 7.33. The first-order valence-corrected chi connectivity index (χ1v) is 9.94. The second kappa shape index (κ2) is 8.39. The first-order chi connectivity index (χ1) is 14.1. The Labute approximate surface area is 172 Å². The largest absolute Gasteiger partial charge is 0.497 e. The molecule has 1 N–H and O–H groups in total. The summed E-state index contributed by atoms with van der Waals surface area (Å²) in [7, 11) is 1.69. The Balaban J connectivity index is 1.44. The minimum atomic E-state index is 0.773. The van der Waals surface area contributed by atoms with Crippen LogP contribution >= 0.6 is 0 Å². The maximum absolute atomic E-state index is 5.26. The predicted molar refractivity (Wildman–Crippen MR) is 119 cm³/mol. The SMILES string of the molecule is COc1ccc(N2CCN(c3cc(Nc4cccc(C)c4)nc(C)n3)CC2)cc1. The molecule has 0 atom stereocenters. The summed E-state index contributed by atoms with van der Waals surface area (Å²) in [5, 5.41) is 3.41. The van der Waals surface area contributed by atoms with Crippen LogP contribution in [0.5, 0.6) is 5.75 Å². The highest BCUT2D eigenvalue weighted by Gasteiger charge is 2.19. The summed E-state index contributed by atoms with van der Waals surface area (Å²) in [4.78, 5) is 14.0. The molecular weight excluding hydrogens is 362 g/mol. The quantitative estimate of drug-likeness (QED) is 0.707. The molecule has 0 bridgehead atoms. The third-order valence-electron chi connectivity index (χ3n) is 5.16. The van der Waals surface area contributed by atoms with E-state index in [0.717, 1.165) is 55.1 Å². The van der Waals surface area contributed by atoms with Crippen molar-refractivity contribution in [1.29, 1.82) is 0 Å². The molecule has 1 aliphatic heterocycles. The Morgan fingerprint density at radius 1 is 0.862 bits per heavy atom. The van der Waals surface area contributed by atoms with Gasteiger partial charge in [-0.3, -0.25) is 0 Å². The lowest BCUT2D eigenvalue weighted by atomic mass is 10.2. The van der Waals surface area contributed by atoms with Crippen LogP contribution < -0.4 is 19.9 Å². The van der Waals surface area contributed by atoms with Crippen molar-refractivity contribution in [1.82, 2.24) is 9.97 Å². The molecule has 3 aromatic rings. The van der Waals surface area contributed by atoms with Crippen LogP contribution in [0.2, 0.25) is 0 Å². The van der Waals surface area contributed by atoms with E-state index < -0.39 is 0 Å². The van der Waals surface area contributed by atoms with Gasteiger partial charge in [0, 0.05) is 43.6 Å². The number of piperazine rings is 1. The van der Waals surface area contributed by atoms with Crippen LogP contribution in [0.25, 0.3) is 0 Å². The smallest absolute Gasteiger partial charge is 0.136 e. The van der Waals surface area contributed by atoms with Gasteiger partial charge in [0.25, 0.3) is 0 Å². The fraction of sp³-hybridized carbons (Fsp3) is 0.304. The number of hydrogen-bond acceptors (Lipinski definition) is 6. The number of nitrogens with one attached hydrogen (secondary N) is 1. The van der Waals surface area contributed by atoms with Crippen molar-refractivity contribution in [3.8, 4) is 5.75 Å². The van der Waals surface area contributed by atoms with Crippen molar-refractivity contribution in [2.75, 3.05) is 48.4 Å². The summed E-state index contributed by atoms with van der Waals surface area (Å²) in [5.74, 6) is 3.46. The zero-order valence-corrected chi connectivity index (χ0v) is 17.2. The highest BCUT2D eigenvalue weighted by Crippen LogP contribution is 2.24. The molecule has 0 aliphatic carbocycles. The lowest BCUT2D eigenvalue weighted by Crippen LogP contribution is -2.46. The molecule has 2 aromatic carbocycles. The van der Waals surface area contributed by atoms with Gasteiger partial charge >= 0.3 is 0 Å². The highest BCUT2D eigenvalue weighted by atomic mass is 16.5. The van der Waals surface area contributed by atoms with E-state index in [9.17, 15) is 0 Å². The van der Waals surface area contributed by atoms with E-state index in [0.29, 0.717) is 0 Å². The zero-order valence-electron chi connectivity index (χ0n) is 17.2. The van der Waals surface area contributed by atoms with Gasteiger partial charge in [-0.1, -0.05) is 12.1 Å². The molecule has 0 saturated carbocycles. The monoisotopic (exact) mass is 389 g/mol. The molecule has 1 aliphatic rings. The van der Waals surface area contributed by atoms with Crippen molar-refractivity contribution < 1.29 is 4.74 Å². The van der Waals surface area contributed by atoms with Crippen LogP contribution in [0.4, 0.5) is 23.0 Å². The molecule has 1 fully saturated rings. The number of aromatic nitrogens is 2. The molecule has 1 saturated heterocycles. The molecule has 0 amide bonds. The van der Waals surface area contributed by atoms with Crippen LogP contribution in [-0.2, 0) is 0 Å². The molecule has 0 radical (unpaired) electrons. The van der Waals surface area contributed by atoms with Gasteiger partial charge in [0.05, 0.1) is 7.11 Å². The van der Waals surface area contributed by atoms with Gasteiger partial charge in [0.15, 0.2) is 0 Å². The summed E-state index contributed by atoms with van der Waals surface area (Å²) in [6, 6.07) is 18.6. The lowest BCUT2D eigenvalue weighted by Gasteiger charge is -2.37. The fourth-order valence-electron chi connectivity index (χ4n) is 3.64. The number of anilines is 4. The Bertz CT molecular complexity index is 965. The molecule has 6 nitrogen and oxygen atoms in total. The molecule has 0 unspecified atom stereocenters. The molecule has 2 heterocycles. The van der Waals surface area contributed by atoms with E-state index in [2.05, 4.69) is 62.3 Å². The number of nitrogens with zero attached hydrogens (tertiary/aromatic N) is 4. The number of aryl methyl sites for hydroxylation is 2. The normalized spacial score (nSPS) is 14.0. The predicted octanol–water partition coefficient (Wildman–Crippen LogP) is 4.17. The van der Waals surface area contributed by atoms with Gasteiger partial charge in [-0.25, -0.2) is 9.97 Å². The maximum atomic E-state index is 5.26. The molecule has 4 rings (SSSR count). The summed E-state index contributed by atoms with van der Waals surface area (Å²) in [5.41, 5.74) is 3.49. The van der Waals surface area contributed by atoms with Gasteiger partial charge in [0.2, 0.25) is 0 Å². The molecule has 29 heavy (non-hydrogen) atoms. The van der Waals surface area contributed by atoms with Crippen LogP contribution in [-0.4, -0.2) is 43.3 Å². The zero-order chi connectivity index (χ0) is 20.2. The van der Waals surface area contributed by atoms with Crippen molar-refractivity contribution in [3.05, 3.63) is 66.0 Å². The Kier molecular flexibility index (Phi) is 5.51. The van der Waals surface area contributed by atoms with E-state index in [4.69, 9.17) is 4.74 Å². The second-order valence-electron chi connectivity index (χ2n) is 7.33. The average molecular weight is 390 g/mol. The van der Waals surface area contributed by atoms with Crippen molar-refractivity contribution in [2.24, 2.45) is 0 Å². The lowest BCUT2D eigenvalue weighted by molar-refractivity contribution is 0.415. The Morgan fingerprint density at radius 2 is 1.59 bits per heavy atom. The van der Waals surface area contributed by atoms with Crippen molar-refractivity contribution >= 4 is 23.0 Å². The molecule has 0 spiro atoms. The highest BCUT2D eigenvalue weighted by molar-refractivity contribution is 5.61. The topological polar surface area (TPSA) is 53.5 Å². The van der Waals surface area contributed by atoms with Gasteiger partial charge in [0.1, 0.15) is 23.2 Å². The molecule has 1 aromatic heterocycles. The minimum Gasteiger partial charge on any atom is -0.497 e. The van der Waals surface area contributed by atoms with Gasteiger partial charge < -0.3 is 19.9 Å². The van der Waals surface area contributed by atoms with Gasteiger partial charge in [-0.05, 0) is 55.8 Å². The fourth-order valence-corrected chi connectivity index (χ4v) is 3.64. The third kappa shape index (κ3) is 4.59. The molecule has 150 valence electrons. The summed E-state index contributed by atoms with van der Waals surface area (Å²) < 4.78 is 5.26. The maximum Gasteiger partial charge on any atom is 0.136 e. The first-order valence-electron chi connectivity index (χ1n) is 9.94. The van der Waals surface area contributed by atoms with E-state index in [1.54, 1.807) is 7.11 Å². The summed E-state index contributed by atoms with van der Waals surface area (Å²) in [6.07, 6.45) is 0. The molecular formula is C23H27N5O. The summed E-state index contributed by atoms with van der Waals surface area (Å²) >= 11 is 0. The van der Waals surface area contributed by atoms with E-state index in [-0.39, 0.29) is 0 Å². The van der Waals surface area contributed by atoms with Crippen LogP contribution in [0.1, 0.15) is 11.4 Å². The first kappa shape index (κ1) is 19.1. The summed E-state index contributed by atoms with van der Waals surface area (Å²) in [6.45, 7) is 7.79. The third-order valence-corrected chi connectivity index (χ3v) is 5.16. The average Bonchev–Trinajstić information content (AvgIpc) is 2.73. The minimum absolute atomic E-state index is 0.773. The van der Waals surface area contributed by atoms with Crippen molar-refractivity contribution in [3.63, 3.8) is 0 Å². The van der Waals surface area contributed by atoms with Gasteiger partial charge in [-0.2, -0.15) is 0 Å². The van der Waals surface area contributed by atoms with E-state index in [1.165, 1.54) is 11.3 Å². The van der Waals surface area contributed by atoms with E-state index >= 15 is 0 Å². The Hall–Kier alpha value is -3.28.